The number of amides is 1. The van der Waals surface area contributed by atoms with E-state index in [9.17, 15) is 4.79 Å². The van der Waals surface area contributed by atoms with Gasteiger partial charge in [0.05, 0.1) is 6.10 Å². The number of rotatable bonds is 6. The molecule has 2 rings (SSSR count). The smallest absolute Gasteiger partial charge is 0.272 e. The summed E-state index contributed by atoms with van der Waals surface area (Å²) in [5.74, 6) is -0.161. The molecule has 6 nitrogen and oxygen atoms in total. The van der Waals surface area contributed by atoms with Crippen LogP contribution in [0.2, 0.25) is 0 Å². The molecule has 0 unspecified atom stereocenters. The van der Waals surface area contributed by atoms with Crippen molar-refractivity contribution in [2.24, 2.45) is 0 Å². The standard InChI is InChI=1S/C11H18N4O2S/c16-11(10-8-18-15-14-10)13-4-1-7-17-9-2-5-12-6-3-9/h8-9,12H,1-7H2,(H,13,16). The lowest BCUT2D eigenvalue weighted by atomic mass is 10.1. The van der Waals surface area contributed by atoms with Gasteiger partial charge in [0, 0.05) is 18.5 Å². The molecule has 100 valence electrons. The third kappa shape index (κ3) is 4.32. The SMILES string of the molecule is O=C(NCCCOC1CCNCC1)c1csnn1. The van der Waals surface area contributed by atoms with E-state index in [1.165, 1.54) is 11.5 Å². The maximum absolute atomic E-state index is 11.5. The summed E-state index contributed by atoms with van der Waals surface area (Å²) in [5.41, 5.74) is 0.388. The van der Waals surface area contributed by atoms with Crippen LogP contribution >= 0.6 is 11.5 Å². The Hall–Kier alpha value is -1.05. The summed E-state index contributed by atoms with van der Waals surface area (Å²) in [6, 6.07) is 0. The fourth-order valence-corrected chi connectivity index (χ4v) is 2.28. The van der Waals surface area contributed by atoms with E-state index in [1.807, 2.05) is 0 Å². The molecule has 1 fully saturated rings. The van der Waals surface area contributed by atoms with Gasteiger partial charge in [0.25, 0.3) is 5.91 Å². The number of aromatic nitrogens is 2. The highest BCUT2D eigenvalue weighted by molar-refractivity contribution is 7.03. The Morgan fingerprint density at radius 2 is 2.39 bits per heavy atom. The van der Waals surface area contributed by atoms with Gasteiger partial charge >= 0.3 is 0 Å². The zero-order valence-electron chi connectivity index (χ0n) is 10.2. The fraction of sp³-hybridized carbons (Fsp3) is 0.727. The molecule has 1 amide bonds. The molecule has 0 atom stereocenters. The fourth-order valence-electron chi connectivity index (χ4n) is 1.84. The van der Waals surface area contributed by atoms with Crippen LogP contribution in [0.3, 0.4) is 0 Å². The van der Waals surface area contributed by atoms with Crippen molar-refractivity contribution in [2.75, 3.05) is 26.2 Å². The number of carbonyl (C=O) groups is 1. The lowest BCUT2D eigenvalue weighted by Gasteiger charge is -2.22. The first-order valence-corrected chi connectivity index (χ1v) is 7.07. The van der Waals surface area contributed by atoms with Crippen LogP contribution in [0.1, 0.15) is 29.8 Å². The first kappa shape index (κ1) is 13.4. The molecule has 7 heteroatoms. The van der Waals surface area contributed by atoms with Gasteiger partial charge in [0.2, 0.25) is 0 Å². The second-order valence-electron chi connectivity index (χ2n) is 4.22. The third-order valence-corrected chi connectivity index (χ3v) is 3.34. The van der Waals surface area contributed by atoms with E-state index in [1.54, 1.807) is 5.38 Å². The number of hydrogen-bond acceptors (Lipinski definition) is 6. The average Bonchev–Trinajstić information content (AvgIpc) is 2.93. The van der Waals surface area contributed by atoms with Crippen molar-refractivity contribution in [3.8, 4) is 0 Å². The molecule has 1 aromatic rings. The van der Waals surface area contributed by atoms with E-state index in [2.05, 4.69) is 20.2 Å². The molecular formula is C11H18N4O2S. The Labute approximate surface area is 110 Å². The zero-order chi connectivity index (χ0) is 12.6. The molecule has 1 saturated heterocycles. The summed E-state index contributed by atoms with van der Waals surface area (Å²) < 4.78 is 9.39. The first-order valence-electron chi connectivity index (χ1n) is 6.24. The van der Waals surface area contributed by atoms with Crippen molar-refractivity contribution in [2.45, 2.75) is 25.4 Å². The second-order valence-corrected chi connectivity index (χ2v) is 4.83. The van der Waals surface area contributed by atoms with Gasteiger partial charge in [0.1, 0.15) is 0 Å². The molecule has 2 heterocycles. The minimum Gasteiger partial charge on any atom is -0.378 e. The minimum absolute atomic E-state index is 0.161. The van der Waals surface area contributed by atoms with Gasteiger partial charge in [0.15, 0.2) is 5.69 Å². The Morgan fingerprint density at radius 1 is 1.56 bits per heavy atom. The van der Waals surface area contributed by atoms with E-state index in [0.29, 0.717) is 24.9 Å². The highest BCUT2D eigenvalue weighted by Gasteiger charge is 2.12. The van der Waals surface area contributed by atoms with Crippen LogP contribution in [0.25, 0.3) is 0 Å². The number of carbonyl (C=O) groups excluding carboxylic acids is 1. The lowest BCUT2D eigenvalue weighted by molar-refractivity contribution is 0.0317. The van der Waals surface area contributed by atoms with Crippen molar-refractivity contribution in [3.05, 3.63) is 11.1 Å². The average molecular weight is 270 g/mol. The van der Waals surface area contributed by atoms with Gasteiger partial charge in [-0.25, -0.2) is 0 Å². The van der Waals surface area contributed by atoms with E-state index in [4.69, 9.17) is 4.74 Å². The Morgan fingerprint density at radius 3 is 3.11 bits per heavy atom. The van der Waals surface area contributed by atoms with Gasteiger partial charge in [-0.3, -0.25) is 4.79 Å². The number of piperidine rings is 1. The van der Waals surface area contributed by atoms with E-state index in [-0.39, 0.29) is 5.91 Å². The van der Waals surface area contributed by atoms with Crippen molar-refractivity contribution >= 4 is 17.4 Å². The van der Waals surface area contributed by atoms with Crippen molar-refractivity contribution in [1.29, 1.82) is 0 Å². The van der Waals surface area contributed by atoms with Crippen LogP contribution in [0.4, 0.5) is 0 Å². The Balaban J connectivity index is 1.52. The van der Waals surface area contributed by atoms with Crippen molar-refractivity contribution < 1.29 is 9.53 Å². The van der Waals surface area contributed by atoms with E-state index >= 15 is 0 Å². The highest BCUT2D eigenvalue weighted by atomic mass is 32.1. The lowest BCUT2D eigenvalue weighted by Crippen LogP contribution is -2.33. The highest BCUT2D eigenvalue weighted by Crippen LogP contribution is 2.07. The van der Waals surface area contributed by atoms with E-state index in [0.717, 1.165) is 32.4 Å². The summed E-state index contributed by atoms with van der Waals surface area (Å²) in [4.78, 5) is 11.5. The molecule has 2 N–H and O–H groups in total. The summed E-state index contributed by atoms with van der Waals surface area (Å²) in [6.07, 6.45) is 3.37. The number of hydrogen-bond donors (Lipinski definition) is 2. The summed E-state index contributed by atoms with van der Waals surface area (Å²) in [5, 5.41) is 11.4. The summed E-state index contributed by atoms with van der Waals surface area (Å²) >= 11 is 1.18. The molecule has 1 aromatic heterocycles. The maximum Gasteiger partial charge on any atom is 0.272 e. The maximum atomic E-state index is 11.5. The van der Waals surface area contributed by atoms with Gasteiger partial charge in [-0.15, -0.1) is 5.10 Å². The molecule has 1 aliphatic rings. The van der Waals surface area contributed by atoms with Crippen molar-refractivity contribution in [3.63, 3.8) is 0 Å². The quantitative estimate of drug-likeness (QED) is 0.733. The predicted octanol–water partition coefficient (Wildman–Crippen LogP) is 0.427. The van der Waals surface area contributed by atoms with Gasteiger partial charge in [-0.05, 0) is 43.9 Å². The largest absolute Gasteiger partial charge is 0.378 e. The van der Waals surface area contributed by atoms with Crippen LogP contribution in [0.15, 0.2) is 5.38 Å². The van der Waals surface area contributed by atoms with E-state index < -0.39 is 0 Å². The molecule has 0 aromatic carbocycles. The first-order chi connectivity index (χ1) is 8.86. The van der Waals surface area contributed by atoms with Crippen LogP contribution in [0.5, 0.6) is 0 Å². The number of nitrogens with zero attached hydrogens (tertiary/aromatic N) is 2. The molecule has 0 saturated carbocycles. The van der Waals surface area contributed by atoms with Crippen LogP contribution in [-0.2, 0) is 4.74 Å². The molecular weight excluding hydrogens is 252 g/mol. The molecule has 18 heavy (non-hydrogen) atoms. The normalized spacial score (nSPS) is 16.7. The van der Waals surface area contributed by atoms with Crippen LogP contribution in [-0.4, -0.2) is 47.8 Å². The number of ether oxygens (including phenoxy) is 1. The topological polar surface area (TPSA) is 76.1 Å². The summed E-state index contributed by atoms with van der Waals surface area (Å²) in [6.45, 7) is 3.39. The van der Waals surface area contributed by atoms with Gasteiger partial charge in [-0.2, -0.15) is 0 Å². The van der Waals surface area contributed by atoms with Gasteiger partial charge in [-0.1, -0.05) is 4.49 Å². The molecule has 0 aliphatic carbocycles. The predicted molar refractivity (Wildman–Crippen MR) is 68.7 cm³/mol. The minimum atomic E-state index is -0.161. The van der Waals surface area contributed by atoms with Crippen LogP contribution < -0.4 is 10.6 Å². The van der Waals surface area contributed by atoms with Gasteiger partial charge < -0.3 is 15.4 Å². The third-order valence-electron chi connectivity index (χ3n) is 2.84. The Bertz CT molecular complexity index is 352. The number of nitrogens with one attached hydrogen (secondary N) is 2. The molecule has 0 spiro atoms. The monoisotopic (exact) mass is 270 g/mol. The molecule has 0 bridgehead atoms. The summed E-state index contributed by atoms with van der Waals surface area (Å²) in [7, 11) is 0. The zero-order valence-corrected chi connectivity index (χ0v) is 11.0. The molecule has 1 aliphatic heterocycles. The van der Waals surface area contributed by atoms with Crippen LogP contribution in [0, 0.1) is 0 Å². The second kappa shape index (κ2) is 7.40. The Kier molecular flexibility index (Phi) is 5.50. The molecule has 0 radical (unpaired) electrons. The van der Waals surface area contributed by atoms with Crippen molar-refractivity contribution in [1.82, 2.24) is 20.2 Å².